The summed E-state index contributed by atoms with van der Waals surface area (Å²) in [5.74, 6) is -0.271. The number of thiophene rings is 1. The Kier molecular flexibility index (Phi) is 6.50. The van der Waals surface area contributed by atoms with Gasteiger partial charge in [-0.1, -0.05) is 30.3 Å². The number of carbonyl (C=O) groups is 1. The summed E-state index contributed by atoms with van der Waals surface area (Å²) in [7, 11) is -2.05. The molecule has 1 N–H and O–H groups in total. The Bertz CT molecular complexity index is 1300. The van der Waals surface area contributed by atoms with Crippen molar-refractivity contribution in [1.82, 2.24) is 19.4 Å². The van der Waals surface area contributed by atoms with Crippen LogP contribution >= 0.6 is 11.3 Å². The van der Waals surface area contributed by atoms with Crippen molar-refractivity contribution in [2.75, 3.05) is 7.05 Å². The lowest BCUT2D eigenvalue weighted by molar-refractivity contribution is 0.0785. The molecule has 0 aliphatic heterocycles. The second-order valence-corrected chi connectivity index (χ2v) is 10.0. The third-order valence-corrected chi connectivity index (χ3v) is 7.11. The van der Waals surface area contributed by atoms with Gasteiger partial charge in [-0.2, -0.15) is 5.10 Å². The average molecular weight is 467 g/mol. The number of nitrogens with zero attached hydrogens (tertiary/aromatic N) is 3. The van der Waals surface area contributed by atoms with Crippen molar-refractivity contribution in [3.05, 3.63) is 101 Å². The molecule has 0 aliphatic carbocycles. The van der Waals surface area contributed by atoms with Crippen molar-refractivity contribution >= 4 is 27.3 Å². The van der Waals surface area contributed by atoms with Crippen molar-refractivity contribution < 1.29 is 13.2 Å². The summed E-state index contributed by atoms with van der Waals surface area (Å²) < 4.78 is 29.6. The van der Waals surface area contributed by atoms with E-state index in [9.17, 15) is 13.2 Å². The minimum atomic E-state index is -3.73. The van der Waals surface area contributed by atoms with Gasteiger partial charge in [0.2, 0.25) is 10.0 Å². The summed E-state index contributed by atoms with van der Waals surface area (Å²) in [6, 6.07) is 19.5. The van der Waals surface area contributed by atoms with E-state index >= 15 is 0 Å². The number of hydrogen-bond donors (Lipinski definition) is 1. The number of benzene rings is 2. The van der Waals surface area contributed by atoms with E-state index in [1.807, 2.05) is 54.0 Å². The van der Waals surface area contributed by atoms with Crippen LogP contribution in [0.5, 0.6) is 0 Å². The highest BCUT2D eigenvalue weighted by Gasteiger charge is 2.18. The highest BCUT2D eigenvalue weighted by atomic mass is 32.2. The van der Waals surface area contributed by atoms with Crippen LogP contribution in [0.1, 0.15) is 20.8 Å². The van der Waals surface area contributed by atoms with Gasteiger partial charge in [0.25, 0.3) is 5.91 Å². The number of aromatic nitrogens is 2. The molecule has 0 bridgehead atoms. The molecule has 0 saturated carbocycles. The molecule has 4 aromatic rings. The predicted molar refractivity (Wildman–Crippen MR) is 124 cm³/mol. The normalized spacial score (nSPS) is 11.4. The van der Waals surface area contributed by atoms with Crippen molar-refractivity contribution in [2.45, 2.75) is 18.0 Å². The Labute approximate surface area is 191 Å². The number of amides is 1. The lowest BCUT2D eigenvalue weighted by Gasteiger charge is -2.17. The van der Waals surface area contributed by atoms with Gasteiger partial charge in [-0.05, 0) is 41.8 Å². The van der Waals surface area contributed by atoms with Gasteiger partial charge in [0.05, 0.1) is 16.8 Å². The summed E-state index contributed by atoms with van der Waals surface area (Å²) in [5.41, 5.74) is 2.11. The zero-order valence-electron chi connectivity index (χ0n) is 17.4. The summed E-state index contributed by atoms with van der Waals surface area (Å²) in [6.45, 7) is 0.558. The van der Waals surface area contributed by atoms with E-state index in [2.05, 4.69) is 9.82 Å². The SMILES string of the molecule is CN(Cc1cnn(-c2ccccc2)c1)C(=O)c1cccc(S(=O)(=O)NCc2cccs2)c1. The number of rotatable bonds is 8. The lowest BCUT2D eigenvalue weighted by atomic mass is 10.2. The number of hydrogen-bond acceptors (Lipinski definition) is 5. The van der Waals surface area contributed by atoms with Gasteiger partial charge >= 0.3 is 0 Å². The van der Waals surface area contributed by atoms with E-state index in [0.717, 1.165) is 16.1 Å². The van der Waals surface area contributed by atoms with E-state index in [1.54, 1.807) is 30.1 Å². The molecule has 0 unspecified atom stereocenters. The molecule has 2 heterocycles. The number of carbonyl (C=O) groups excluding carboxylic acids is 1. The zero-order chi connectivity index (χ0) is 22.6. The summed E-state index contributed by atoms with van der Waals surface area (Å²) in [6.07, 6.45) is 3.58. The molecule has 32 heavy (non-hydrogen) atoms. The highest BCUT2D eigenvalue weighted by molar-refractivity contribution is 7.89. The molecule has 1 amide bonds. The maximum absolute atomic E-state index is 12.9. The van der Waals surface area contributed by atoms with Crippen molar-refractivity contribution in [3.8, 4) is 5.69 Å². The predicted octanol–water partition coefficient (Wildman–Crippen LogP) is 3.68. The summed E-state index contributed by atoms with van der Waals surface area (Å²) in [5, 5.41) is 6.24. The molecule has 4 rings (SSSR count). The van der Waals surface area contributed by atoms with Gasteiger partial charge in [0.15, 0.2) is 0 Å². The molecule has 0 fully saturated rings. The third kappa shape index (κ3) is 5.13. The fourth-order valence-corrected chi connectivity index (χ4v) is 4.98. The van der Waals surface area contributed by atoms with Gasteiger partial charge in [0.1, 0.15) is 0 Å². The Hall–Kier alpha value is -3.27. The first kappa shape index (κ1) is 21.9. The second kappa shape index (κ2) is 9.47. The van der Waals surface area contributed by atoms with Crippen LogP contribution < -0.4 is 4.72 Å². The van der Waals surface area contributed by atoms with Crippen LogP contribution in [0, 0.1) is 0 Å². The fourth-order valence-electron chi connectivity index (χ4n) is 3.19. The summed E-state index contributed by atoms with van der Waals surface area (Å²) >= 11 is 1.48. The maximum atomic E-state index is 12.9. The highest BCUT2D eigenvalue weighted by Crippen LogP contribution is 2.16. The fraction of sp³-hybridized carbons (Fsp3) is 0.130. The Balaban J connectivity index is 1.44. The van der Waals surface area contributed by atoms with Crippen LogP contribution in [-0.2, 0) is 23.1 Å². The van der Waals surface area contributed by atoms with Gasteiger partial charge in [0, 0.05) is 42.3 Å². The van der Waals surface area contributed by atoms with Gasteiger partial charge < -0.3 is 4.90 Å². The van der Waals surface area contributed by atoms with Crippen LogP contribution in [0.4, 0.5) is 0 Å². The van der Waals surface area contributed by atoms with Crippen LogP contribution in [0.15, 0.2) is 89.4 Å². The summed E-state index contributed by atoms with van der Waals surface area (Å²) in [4.78, 5) is 15.4. The molecule has 7 nitrogen and oxygen atoms in total. The zero-order valence-corrected chi connectivity index (χ0v) is 19.0. The van der Waals surface area contributed by atoms with Crippen molar-refractivity contribution in [2.24, 2.45) is 0 Å². The van der Waals surface area contributed by atoms with E-state index in [0.29, 0.717) is 12.1 Å². The minimum Gasteiger partial charge on any atom is -0.337 e. The monoisotopic (exact) mass is 466 g/mol. The number of para-hydroxylation sites is 1. The molecule has 2 aromatic heterocycles. The van der Waals surface area contributed by atoms with Crippen molar-refractivity contribution in [3.63, 3.8) is 0 Å². The molecule has 164 valence electrons. The second-order valence-electron chi connectivity index (χ2n) is 7.22. The molecule has 0 spiro atoms. The first-order chi connectivity index (χ1) is 15.4. The van der Waals surface area contributed by atoms with Crippen LogP contribution in [0.3, 0.4) is 0 Å². The smallest absolute Gasteiger partial charge is 0.253 e. The van der Waals surface area contributed by atoms with Gasteiger partial charge in [-0.25, -0.2) is 17.8 Å². The molecule has 0 saturated heterocycles. The Morgan fingerprint density at radius 2 is 1.91 bits per heavy atom. The molecular weight excluding hydrogens is 444 g/mol. The maximum Gasteiger partial charge on any atom is 0.253 e. The first-order valence-electron chi connectivity index (χ1n) is 9.89. The topological polar surface area (TPSA) is 84.3 Å². The molecule has 2 aromatic carbocycles. The molecule has 0 aliphatic rings. The van der Waals surface area contributed by atoms with E-state index in [4.69, 9.17) is 0 Å². The largest absolute Gasteiger partial charge is 0.337 e. The van der Waals surface area contributed by atoms with Crippen LogP contribution in [0.25, 0.3) is 5.69 Å². The lowest BCUT2D eigenvalue weighted by Crippen LogP contribution is -2.27. The standard InChI is InChI=1S/C23H22N4O3S2/c1-26(16-18-14-24-27(17-18)20-8-3-2-4-9-20)23(28)19-7-5-11-22(13-19)32(29,30)25-15-21-10-6-12-31-21/h2-14,17,25H,15-16H2,1H3. The van der Waals surface area contributed by atoms with Gasteiger partial charge in [-0.15, -0.1) is 11.3 Å². The Morgan fingerprint density at radius 3 is 2.66 bits per heavy atom. The number of nitrogens with one attached hydrogen (secondary N) is 1. The van der Waals surface area contributed by atoms with E-state index in [-0.39, 0.29) is 17.3 Å². The quantitative estimate of drug-likeness (QED) is 0.429. The molecular formula is C23H22N4O3S2. The molecule has 0 radical (unpaired) electrons. The number of sulfonamides is 1. The molecule has 0 atom stereocenters. The average Bonchev–Trinajstić information content (AvgIpc) is 3.50. The minimum absolute atomic E-state index is 0.0604. The molecule has 9 heteroatoms. The van der Waals surface area contributed by atoms with Crippen LogP contribution in [0.2, 0.25) is 0 Å². The van der Waals surface area contributed by atoms with Crippen molar-refractivity contribution in [1.29, 1.82) is 0 Å². The third-order valence-electron chi connectivity index (χ3n) is 4.83. The van der Waals surface area contributed by atoms with Crippen LogP contribution in [-0.4, -0.2) is 36.1 Å². The first-order valence-corrected chi connectivity index (χ1v) is 12.3. The van der Waals surface area contributed by atoms with E-state index in [1.165, 1.54) is 28.4 Å². The van der Waals surface area contributed by atoms with E-state index < -0.39 is 10.0 Å². The van der Waals surface area contributed by atoms with Gasteiger partial charge in [-0.3, -0.25) is 4.79 Å². The Morgan fingerprint density at radius 1 is 1.09 bits per heavy atom.